The van der Waals surface area contributed by atoms with Crippen LogP contribution in [0.2, 0.25) is 0 Å². The molecule has 1 heterocycles. The predicted octanol–water partition coefficient (Wildman–Crippen LogP) is 2.35. The normalized spacial score (nSPS) is 18.2. The van der Waals surface area contributed by atoms with Crippen LogP contribution in [0, 0.1) is 12.3 Å². The molecule has 1 aromatic rings. The molecule has 0 radical (unpaired) electrons. The highest BCUT2D eigenvalue weighted by molar-refractivity contribution is 6.05. The third-order valence-electron chi connectivity index (χ3n) is 3.54. The lowest BCUT2D eigenvalue weighted by Gasteiger charge is -2.34. The molecule has 2 amide bonds. The van der Waals surface area contributed by atoms with Crippen LogP contribution in [0.1, 0.15) is 42.6 Å². The van der Waals surface area contributed by atoms with Crippen molar-refractivity contribution in [3.05, 3.63) is 35.4 Å². The van der Waals surface area contributed by atoms with Gasteiger partial charge in [-0.1, -0.05) is 43.7 Å². The molecule has 0 aromatic heterocycles. The van der Waals surface area contributed by atoms with E-state index in [4.69, 9.17) is 0 Å². The molecule has 0 spiro atoms. The maximum atomic E-state index is 12.1. The summed E-state index contributed by atoms with van der Waals surface area (Å²) in [6, 6.07) is 7.13. The molecule has 0 atom stereocenters. The number of piperidine rings is 1. The van der Waals surface area contributed by atoms with E-state index in [1.807, 2.05) is 32.9 Å². The van der Waals surface area contributed by atoms with Crippen LogP contribution in [0.5, 0.6) is 0 Å². The number of nitrogens with zero attached hydrogens (tertiary/aromatic N) is 1. The Hall–Kier alpha value is -1.97. The van der Waals surface area contributed by atoms with E-state index in [0.29, 0.717) is 18.4 Å². The number of Topliss-reactive ketones (excluding diaryl/α,β-unsaturated/α-hetero) is 1. The summed E-state index contributed by atoms with van der Waals surface area (Å²) >= 11 is 0. The lowest BCUT2D eigenvalue weighted by atomic mass is 9.81. The van der Waals surface area contributed by atoms with Gasteiger partial charge >= 0.3 is 0 Å². The van der Waals surface area contributed by atoms with Crippen molar-refractivity contribution < 1.29 is 14.4 Å². The molecule has 0 N–H and O–H groups in total. The maximum absolute atomic E-state index is 12.1. The van der Waals surface area contributed by atoms with Crippen LogP contribution in [0.25, 0.3) is 0 Å². The first kappa shape index (κ1) is 14.4. The van der Waals surface area contributed by atoms with Crippen molar-refractivity contribution in [2.45, 2.75) is 33.6 Å². The molecule has 4 nitrogen and oxygen atoms in total. The molecule has 106 valence electrons. The van der Waals surface area contributed by atoms with Gasteiger partial charge in [-0.2, -0.15) is 0 Å². The first-order valence-corrected chi connectivity index (χ1v) is 6.71. The number of carbonyl (C=O) groups excluding carboxylic acids is 3. The maximum Gasteiger partial charge on any atom is 0.230 e. The number of carbonyl (C=O) groups is 3. The van der Waals surface area contributed by atoms with E-state index in [0.717, 1.165) is 10.5 Å². The average molecular weight is 273 g/mol. The van der Waals surface area contributed by atoms with Crippen molar-refractivity contribution in [2.75, 3.05) is 6.54 Å². The lowest BCUT2D eigenvalue weighted by molar-refractivity contribution is -0.151. The fourth-order valence-corrected chi connectivity index (χ4v) is 2.36. The van der Waals surface area contributed by atoms with Crippen molar-refractivity contribution in [3.63, 3.8) is 0 Å². The number of imide groups is 1. The number of hydrogen-bond acceptors (Lipinski definition) is 3. The van der Waals surface area contributed by atoms with Crippen molar-refractivity contribution in [1.29, 1.82) is 0 Å². The molecule has 1 aliphatic rings. The zero-order valence-corrected chi connectivity index (χ0v) is 12.1. The minimum atomic E-state index is -0.308. The summed E-state index contributed by atoms with van der Waals surface area (Å²) < 4.78 is 0. The Balaban J connectivity index is 2.10. The summed E-state index contributed by atoms with van der Waals surface area (Å²) in [5.74, 6) is -0.718. The van der Waals surface area contributed by atoms with Crippen molar-refractivity contribution >= 4 is 17.6 Å². The Bertz CT molecular complexity index is 538. The van der Waals surface area contributed by atoms with Crippen LogP contribution in [-0.4, -0.2) is 29.0 Å². The SMILES string of the molecule is Cc1ccc(C(=O)CN2C(=O)CC(C)(C)CC2=O)cc1. The second-order valence-electron chi connectivity index (χ2n) is 6.18. The van der Waals surface area contributed by atoms with Crippen LogP contribution in [0.15, 0.2) is 24.3 Å². The largest absolute Gasteiger partial charge is 0.292 e. The Morgan fingerprint density at radius 2 is 1.60 bits per heavy atom. The number of aryl methyl sites for hydroxylation is 1. The molecule has 0 aliphatic carbocycles. The van der Waals surface area contributed by atoms with Gasteiger partial charge in [0.05, 0.1) is 6.54 Å². The minimum Gasteiger partial charge on any atom is -0.292 e. The van der Waals surface area contributed by atoms with Crippen molar-refractivity contribution in [2.24, 2.45) is 5.41 Å². The van der Waals surface area contributed by atoms with Gasteiger partial charge in [0.25, 0.3) is 0 Å². The summed E-state index contributed by atoms with van der Waals surface area (Å²) in [7, 11) is 0. The fraction of sp³-hybridized carbons (Fsp3) is 0.438. The fourth-order valence-electron chi connectivity index (χ4n) is 2.36. The number of benzene rings is 1. The zero-order chi connectivity index (χ0) is 14.9. The lowest BCUT2D eigenvalue weighted by Crippen LogP contribution is -2.48. The molecule has 1 aliphatic heterocycles. The van der Waals surface area contributed by atoms with E-state index >= 15 is 0 Å². The Labute approximate surface area is 118 Å². The highest BCUT2D eigenvalue weighted by atomic mass is 16.2. The Morgan fingerprint density at radius 1 is 1.10 bits per heavy atom. The highest BCUT2D eigenvalue weighted by Crippen LogP contribution is 2.31. The molecule has 1 aromatic carbocycles. The van der Waals surface area contributed by atoms with Crippen molar-refractivity contribution in [1.82, 2.24) is 4.90 Å². The average Bonchev–Trinajstić information content (AvgIpc) is 2.33. The van der Waals surface area contributed by atoms with E-state index in [1.165, 1.54) is 0 Å². The summed E-state index contributed by atoms with van der Waals surface area (Å²) in [6.07, 6.45) is 0.611. The number of amides is 2. The summed E-state index contributed by atoms with van der Waals surface area (Å²) in [5.41, 5.74) is 1.28. The van der Waals surface area contributed by atoms with Crippen LogP contribution in [0.3, 0.4) is 0 Å². The Morgan fingerprint density at radius 3 is 2.10 bits per heavy atom. The van der Waals surface area contributed by atoms with Gasteiger partial charge in [0.1, 0.15) is 0 Å². The van der Waals surface area contributed by atoms with E-state index < -0.39 is 0 Å². The van der Waals surface area contributed by atoms with E-state index in [2.05, 4.69) is 0 Å². The Kier molecular flexibility index (Phi) is 3.75. The number of likely N-dealkylation sites (tertiary alicyclic amines) is 1. The summed E-state index contributed by atoms with van der Waals surface area (Å²) in [6.45, 7) is 5.56. The third kappa shape index (κ3) is 3.13. The molecule has 2 rings (SSSR count). The highest BCUT2D eigenvalue weighted by Gasteiger charge is 2.38. The van der Waals surface area contributed by atoms with Crippen LogP contribution >= 0.6 is 0 Å². The van der Waals surface area contributed by atoms with Crippen LogP contribution < -0.4 is 0 Å². The second kappa shape index (κ2) is 5.19. The van der Waals surface area contributed by atoms with Gasteiger partial charge in [-0.25, -0.2) is 0 Å². The molecular formula is C16H19NO3. The van der Waals surface area contributed by atoms with Crippen molar-refractivity contribution in [3.8, 4) is 0 Å². The summed E-state index contributed by atoms with van der Waals surface area (Å²) in [5, 5.41) is 0. The first-order chi connectivity index (χ1) is 9.28. The smallest absolute Gasteiger partial charge is 0.230 e. The van der Waals surface area contributed by atoms with Gasteiger partial charge in [0, 0.05) is 18.4 Å². The van der Waals surface area contributed by atoms with Gasteiger partial charge in [0.2, 0.25) is 11.8 Å². The third-order valence-corrected chi connectivity index (χ3v) is 3.54. The molecule has 1 fully saturated rings. The quantitative estimate of drug-likeness (QED) is 0.627. The number of hydrogen-bond donors (Lipinski definition) is 0. The number of rotatable bonds is 3. The van der Waals surface area contributed by atoms with Gasteiger partial charge < -0.3 is 0 Å². The number of ketones is 1. The van der Waals surface area contributed by atoms with Gasteiger partial charge in [0.15, 0.2) is 5.78 Å². The molecular weight excluding hydrogens is 254 g/mol. The first-order valence-electron chi connectivity index (χ1n) is 6.71. The van der Waals surface area contributed by atoms with Gasteiger partial charge in [-0.15, -0.1) is 0 Å². The van der Waals surface area contributed by atoms with Crippen LogP contribution in [0.4, 0.5) is 0 Å². The molecule has 0 unspecified atom stereocenters. The second-order valence-corrected chi connectivity index (χ2v) is 6.18. The van der Waals surface area contributed by atoms with E-state index in [-0.39, 0.29) is 29.6 Å². The topological polar surface area (TPSA) is 54.5 Å². The molecule has 20 heavy (non-hydrogen) atoms. The van der Waals surface area contributed by atoms with Crippen LogP contribution in [-0.2, 0) is 9.59 Å². The minimum absolute atomic E-state index is 0.156. The summed E-state index contributed by atoms with van der Waals surface area (Å²) in [4.78, 5) is 37.2. The van der Waals surface area contributed by atoms with E-state index in [1.54, 1.807) is 12.1 Å². The monoisotopic (exact) mass is 273 g/mol. The van der Waals surface area contributed by atoms with Gasteiger partial charge in [-0.3, -0.25) is 19.3 Å². The van der Waals surface area contributed by atoms with Gasteiger partial charge in [-0.05, 0) is 12.3 Å². The molecule has 0 bridgehead atoms. The van der Waals surface area contributed by atoms with E-state index in [9.17, 15) is 14.4 Å². The zero-order valence-electron chi connectivity index (χ0n) is 12.1. The standard InChI is InChI=1S/C16H19NO3/c1-11-4-6-12(7-5-11)13(18)10-17-14(19)8-16(2,3)9-15(17)20/h4-7H,8-10H2,1-3H3. The molecule has 1 saturated heterocycles. The molecule has 0 saturated carbocycles. The molecule has 4 heteroatoms. The predicted molar refractivity (Wildman–Crippen MR) is 75.2 cm³/mol.